The summed E-state index contributed by atoms with van der Waals surface area (Å²) in [7, 11) is -2.77. The van der Waals surface area contributed by atoms with Gasteiger partial charge in [0, 0.05) is 0 Å². The summed E-state index contributed by atoms with van der Waals surface area (Å²) in [6.07, 6.45) is 0. The number of rotatable bonds is 0. The van der Waals surface area contributed by atoms with Gasteiger partial charge in [-0.25, -0.2) is 0 Å². The lowest BCUT2D eigenvalue weighted by Gasteiger charge is -2.29. The highest BCUT2D eigenvalue weighted by Gasteiger charge is 2.33. The van der Waals surface area contributed by atoms with Crippen molar-refractivity contribution < 1.29 is 0 Å². The maximum absolute atomic E-state index is 6.15. The van der Waals surface area contributed by atoms with Crippen molar-refractivity contribution in [3.05, 3.63) is 0 Å². The number of hydrogen-bond acceptors (Lipinski definition) is 0. The molecule has 0 spiro atoms. The highest BCUT2D eigenvalue weighted by molar-refractivity contribution is 7.20. The molecular weight excluding hydrogens is 271 g/mol. The quantitative estimate of drug-likeness (QED) is 0.356. The van der Waals surface area contributed by atoms with Crippen LogP contribution in [-0.2, 0) is 0 Å². The third-order valence-electron chi connectivity index (χ3n) is 3.57. The molecule has 100 valence electrons. The van der Waals surface area contributed by atoms with Gasteiger partial charge < -0.3 is 0 Å². The highest BCUT2D eigenvalue weighted by Crippen LogP contribution is 2.38. The van der Waals surface area contributed by atoms with Gasteiger partial charge in [-0.05, 0) is 10.1 Å². The molecular formula is C12H30Cl2Si2. The van der Waals surface area contributed by atoms with E-state index in [1.54, 1.807) is 0 Å². The van der Waals surface area contributed by atoms with Gasteiger partial charge in [0.25, 0.3) is 0 Å². The fraction of sp³-hybridized carbons (Fsp3) is 1.00. The molecule has 4 heteroatoms. The molecule has 0 radical (unpaired) electrons. The molecule has 0 amide bonds. The summed E-state index contributed by atoms with van der Waals surface area (Å²) in [5.74, 6) is 0. The second kappa shape index (κ2) is 5.77. The summed E-state index contributed by atoms with van der Waals surface area (Å²) in [6, 6.07) is 0. The standard InChI is InChI=1S/2C6H15ClSi/c2*1-6(2,3)8(4,5)7/h2*1-5H3. The molecule has 0 nitrogen and oxygen atoms in total. The van der Waals surface area contributed by atoms with E-state index in [2.05, 4.69) is 67.7 Å². The molecule has 0 aromatic carbocycles. The van der Waals surface area contributed by atoms with Crippen molar-refractivity contribution in [2.45, 2.75) is 77.8 Å². The Kier molecular flexibility index (Phi) is 6.98. The van der Waals surface area contributed by atoms with E-state index in [1.807, 2.05) is 0 Å². The Morgan fingerprint density at radius 3 is 0.625 bits per heavy atom. The summed E-state index contributed by atoms with van der Waals surface area (Å²) >= 11 is 12.3. The predicted octanol–water partition coefficient (Wildman–Crippen LogP) is 6.46. The number of hydrogen-bond donors (Lipinski definition) is 0. The van der Waals surface area contributed by atoms with Crippen molar-refractivity contribution in [1.82, 2.24) is 0 Å². The minimum atomic E-state index is -1.39. The fourth-order valence-electron chi connectivity index (χ4n) is 0. The average Bonchev–Trinajstić information content (AvgIpc) is 1.77. The molecule has 0 saturated carbocycles. The average molecular weight is 301 g/mol. The van der Waals surface area contributed by atoms with Crippen molar-refractivity contribution in [3.63, 3.8) is 0 Å². The van der Waals surface area contributed by atoms with Crippen LogP contribution in [0.1, 0.15) is 41.5 Å². The maximum Gasteiger partial charge on any atom is 0.155 e. The maximum atomic E-state index is 6.15. The van der Waals surface area contributed by atoms with Crippen LogP contribution < -0.4 is 0 Å². The summed E-state index contributed by atoms with van der Waals surface area (Å²) in [4.78, 5) is 0. The second-order valence-corrected chi connectivity index (χ2v) is 22.0. The molecule has 0 aliphatic rings. The van der Waals surface area contributed by atoms with Crippen molar-refractivity contribution >= 4 is 36.9 Å². The van der Waals surface area contributed by atoms with Gasteiger partial charge in [0.05, 0.1) is 0 Å². The van der Waals surface area contributed by atoms with E-state index in [-0.39, 0.29) is 0 Å². The Balaban J connectivity index is 0. The van der Waals surface area contributed by atoms with E-state index >= 15 is 0 Å². The molecule has 16 heavy (non-hydrogen) atoms. The molecule has 0 saturated heterocycles. The van der Waals surface area contributed by atoms with Crippen LogP contribution in [-0.4, -0.2) is 14.8 Å². The lowest BCUT2D eigenvalue weighted by atomic mass is 10.2. The van der Waals surface area contributed by atoms with Gasteiger partial charge in [-0.2, -0.15) is 22.2 Å². The third kappa shape index (κ3) is 8.16. The fourth-order valence-corrected chi connectivity index (χ4v) is 0. The van der Waals surface area contributed by atoms with E-state index in [4.69, 9.17) is 22.2 Å². The zero-order chi connectivity index (χ0) is 14.0. The van der Waals surface area contributed by atoms with E-state index in [1.165, 1.54) is 0 Å². The summed E-state index contributed by atoms with van der Waals surface area (Å²) in [6.45, 7) is 21.9. The van der Waals surface area contributed by atoms with E-state index < -0.39 is 14.8 Å². The topological polar surface area (TPSA) is 0 Å². The first kappa shape index (κ1) is 19.4. The van der Waals surface area contributed by atoms with Gasteiger partial charge in [-0.1, -0.05) is 67.7 Å². The van der Waals surface area contributed by atoms with Crippen LogP contribution in [0.4, 0.5) is 0 Å². The first-order valence-corrected chi connectivity index (χ1v) is 13.9. The third-order valence-corrected chi connectivity index (χ3v) is 14.1. The van der Waals surface area contributed by atoms with Crippen molar-refractivity contribution in [2.75, 3.05) is 0 Å². The van der Waals surface area contributed by atoms with E-state index in [0.29, 0.717) is 10.1 Å². The summed E-state index contributed by atoms with van der Waals surface area (Å²) < 4.78 is 0. The normalized spacial score (nSPS) is 14.2. The number of halogens is 2. The Hall–Kier alpha value is 1.01. The zero-order valence-corrected chi connectivity index (χ0v) is 16.3. The van der Waals surface area contributed by atoms with Crippen LogP contribution in [0.5, 0.6) is 0 Å². The highest BCUT2D eigenvalue weighted by atomic mass is 35.6. The van der Waals surface area contributed by atoms with Crippen LogP contribution in [0.15, 0.2) is 0 Å². The zero-order valence-electron chi connectivity index (χ0n) is 12.8. The molecule has 0 aliphatic carbocycles. The minimum absolute atomic E-state index is 0.342. The smallest absolute Gasteiger partial charge is 0.155 e. The van der Waals surface area contributed by atoms with Crippen molar-refractivity contribution in [3.8, 4) is 0 Å². The van der Waals surface area contributed by atoms with E-state index in [9.17, 15) is 0 Å². The van der Waals surface area contributed by atoms with Gasteiger partial charge >= 0.3 is 0 Å². The molecule has 0 bridgehead atoms. The van der Waals surface area contributed by atoms with Gasteiger partial charge in [-0.15, -0.1) is 0 Å². The molecule has 0 N–H and O–H groups in total. The molecule has 0 aromatic heterocycles. The predicted molar refractivity (Wildman–Crippen MR) is 86.1 cm³/mol. The molecule has 0 heterocycles. The monoisotopic (exact) mass is 300 g/mol. The molecule has 0 rings (SSSR count). The largest absolute Gasteiger partial charge is 0.167 e. The summed E-state index contributed by atoms with van der Waals surface area (Å²) in [5.41, 5.74) is 0. The first-order valence-electron chi connectivity index (χ1n) is 5.88. The molecule has 0 aliphatic heterocycles. The molecule has 0 atom stereocenters. The molecule has 0 aromatic rings. The van der Waals surface area contributed by atoms with Crippen LogP contribution in [0, 0.1) is 0 Å². The first-order chi connectivity index (χ1) is 6.50. The second-order valence-electron chi connectivity index (χ2n) is 7.44. The van der Waals surface area contributed by atoms with Crippen molar-refractivity contribution in [2.24, 2.45) is 0 Å². The lowest BCUT2D eigenvalue weighted by molar-refractivity contribution is 0.735. The molecule has 0 fully saturated rings. The lowest BCUT2D eigenvalue weighted by Crippen LogP contribution is -2.29. The Morgan fingerprint density at radius 1 is 0.562 bits per heavy atom. The Labute approximate surface area is 115 Å². The SMILES string of the molecule is CC(C)(C)[Si](C)(C)Cl.CC(C)(C)[Si](C)(C)Cl. The van der Waals surface area contributed by atoms with Crippen LogP contribution in [0.25, 0.3) is 0 Å². The molecule has 0 unspecified atom stereocenters. The minimum Gasteiger partial charge on any atom is -0.167 e. The van der Waals surface area contributed by atoms with E-state index in [0.717, 1.165) is 0 Å². The van der Waals surface area contributed by atoms with Crippen LogP contribution in [0.2, 0.25) is 36.3 Å². The van der Waals surface area contributed by atoms with Crippen LogP contribution >= 0.6 is 22.2 Å². The Morgan fingerprint density at radius 2 is 0.625 bits per heavy atom. The van der Waals surface area contributed by atoms with Crippen LogP contribution in [0.3, 0.4) is 0 Å². The van der Waals surface area contributed by atoms with Gasteiger partial charge in [-0.3, -0.25) is 0 Å². The van der Waals surface area contributed by atoms with Crippen molar-refractivity contribution in [1.29, 1.82) is 0 Å². The van der Waals surface area contributed by atoms with Gasteiger partial charge in [0.2, 0.25) is 0 Å². The Bertz CT molecular complexity index is 151. The van der Waals surface area contributed by atoms with Gasteiger partial charge in [0.15, 0.2) is 14.8 Å². The summed E-state index contributed by atoms with van der Waals surface area (Å²) in [5, 5.41) is 0.684. The van der Waals surface area contributed by atoms with Gasteiger partial charge in [0.1, 0.15) is 0 Å².